The number of benzene rings is 2. The number of nitrogens with two attached hydrogens (primary N) is 1. The van der Waals surface area contributed by atoms with Crippen LogP contribution in [-0.2, 0) is 24.5 Å². The number of aromatic hydroxyl groups is 1. The van der Waals surface area contributed by atoms with E-state index in [4.69, 9.17) is 5.73 Å². The first-order valence-electron chi connectivity index (χ1n) is 13.0. The van der Waals surface area contributed by atoms with E-state index in [-0.39, 0.29) is 16.2 Å². The molecular formula is C29H31N2O11S-. The van der Waals surface area contributed by atoms with Crippen LogP contribution >= 0.6 is 0 Å². The SMILES string of the molecule is C[C@H]1c2cccc(O)c2C(O)=C2C(=O)[C@]3(O)C(O)=C(C(N)=O)C(=O)[C@@H](N(C)C)[C@@H]3[C@@H](O)[C@@H]21.Cc1ccc(S(=O)(=O)[O-])cc1. The minimum Gasteiger partial charge on any atom is -0.744 e. The summed E-state index contributed by atoms with van der Waals surface area (Å²) in [6.07, 6.45) is -1.59. The van der Waals surface area contributed by atoms with E-state index in [9.17, 15) is 52.9 Å². The van der Waals surface area contributed by atoms with Crippen molar-refractivity contribution < 1.29 is 52.9 Å². The second-order valence-electron chi connectivity index (χ2n) is 11.1. The minimum atomic E-state index is -4.27. The second kappa shape index (κ2) is 10.9. The molecule has 0 heterocycles. The normalized spacial score (nSPS) is 28.5. The number of Topliss-reactive ketones (excluding diaryl/α,β-unsaturated/α-hetero) is 2. The van der Waals surface area contributed by atoms with Crippen molar-refractivity contribution in [1.82, 2.24) is 4.90 Å². The molecule has 0 unspecified atom stereocenters. The maximum Gasteiger partial charge on any atom is 0.255 e. The number of rotatable bonds is 3. The first kappa shape index (κ1) is 31.8. The summed E-state index contributed by atoms with van der Waals surface area (Å²) in [7, 11) is -1.35. The number of phenols is 1. The first-order chi connectivity index (χ1) is 19.9. The molecule has 0 aromatic heterocycles. The van der Waals surface area contributed by atoms with E-state index in [2.05, 4.69) is 0 Å². The van der Waals surface area contributed by atoms with Crippen LogP contribution in [0.3, 0.4) is 0 Å². The van der Waals surface area contributed by atoms with Crippen LogP contribution in [0.4, 0.5) is 0 Å². The van der Waals surface area contributed by atoms with Crippen LogP contribution in [-0.4, -0.2) is 92.7 Å². The standard InChI is InChI=1S/C22H24N2O8.C7H8O3S/c1-7-8-5-4-6-9(25)11(8)16(26)12-10(7)17(27)14-15(24(2)3)18(28)13(21(23)31)20(30)22(14,32)19(12)29;1-6-2-4-7(5-3-6)11(8,9)10/h4-7,10,14-15,17,25-27,30,32H,1-3H3,(H2,23,31);2-5H,1H3,(H,8,9,10)/p-1/t7-,10+,14+,15-,17-,22-;/m0./s1. The highest BCUT2D eigenvalue weighted by Crippen LogP contribution is 2.55. The topological polar surface area (TPSA) is 239 Å². The molecule has 0 bridgehead atoms. The molecule has 6 atom stereocenters. The van der Waals surface area contributed by atoms with Gasteiger partial charge in [0.2, 0.25) is 5.78 Å². The Morgan fingerprint density at radius 2 is 1.63 bits per heavy atom. The maximum atomic E-state index is 13.7. The molecule has 7 N–H and O–H groups in total. The summed E-state index contributed by atoms with van der Waals surface area (Å²) in [6.45, 7) is 3.50. The van der Waals surface area contributed by atoms with E-state index < -0.39 is 85.8 Å². The summed E-state index contributed by atoms with van der Waals surface area (Å²) in [6, 6.07) is 8.91. The second-order valence-corrected chi connectivity index (χ2v) is 12.4. The predicted octanol–water partition coefficient (Wildman–Crippen LogP) is 0.395. The summed E-state index contributed by atoms with van der Waals surface area (Å²) < 4.78 is 31.2. The van der Waals surface area contributed by atoms with Crippen molar-refractivity contribution in [3.8, 4) is 5.75 Å². The van der Waals surface area contributed by atoms with Crippen molar-refractivity contribution in [3.63, 3.8) is 0 Å². The summed E-state index contributed by atoms with van der Waals surface area (Å²) >= 11 is 0. The molecule has 0 saturated heterocycles. The van der Waals surface area contributed by atoms with Crippen molar-refractivity contribution in [2.45, 2.75) is 42.4 Å². The van der Waals surface area contributed by atoms with Gasteiger partial charge in [0.1, 0.15) is 33.0 Å². The molecule has 1 fully saturated rings. The third-order valence-electron chi connectivity index (χ3n) is 8.30. The zero-order chi connectivity index (χ0) is 32.3. The highest BCUT2D eigenvalue weighted by atomic mass is 32.2. The zero-order valence-electron chi connectivity index (χ0n) is 23.5. The van der Waals surface area contributed by atoms with Gasteiger partial charge in [0, 0.05) is 11.5 Å². The first-order valence-corrected chi connectivity index (χ1v) is 14.4. The summed E-state index contributed by atoms with van der Waals surface area (Å²) in [4.78, 5) is 39.8. The fourth-order valence-electron chi connectivity index (χ4n) is 6.28. The molecule has 5 rings (SSSR count). The number of ketones is 2. The van der Waals surface area contributed by atoms with Crippen LogP contribution in [0.2, 0.25) is 0 Å². The Kier molecular flexibility index (Phi) is 8.06. The number of aliphatic hydroxyl groups is 4. The molecule has 0 aliphatic heterocycles. The molecule has 0 radical (unpaired) electrons. The smallest absolute Gasteiger partial charge is 0.255 e. The Morgan fingerprint density at radius 3 is 2.14 bits per heavy atom. The number of likely N-dealkylation sites (N-methyl/N-ethyl adjacent to an activating group) is 1. The van der Waals surface area contributed by atoms with Crippen LogP contribution in [0.5, 0.6) is 5.75 Å². The molecule has 43 heavy (non-hydrogen) atoms. The van der Waals surface area contributed by atoms with Gasteiger partial charge in [0.15, 0.2) is 11.4 Å². The van der Waals surface area contributed by atoms with Gasteiger partial charge in [-0.2, -0.15) is 0 Å². The van der Waals surface area contributed by atoms with Gasteiger partial charge in [-0.3, -0.25) is 19.3 Å². The van der Waals surface area contributed by atoms with Gasteiger partial charge in [0.25, 0.3) is 5.91 Å². The number of phenolic OH excluding ortho intramolecular Hbond substituents is 1. The zero-order valence-corrected chi connectivity index (χ0v) is 24.4. The lowest BCUT2D eigenvalue weighted by molar-refractivity contribution is -0.169. The molecule has 1 saturated carbocycles. The summed E-state index contributed by atoms with van der Waals surface area (Å²) in [5.74, 6) is -8.87. The number of aliphatic hydroxyl groups excluding tert-OH is 3. The number of primary amides is 1. The van der Waals surface area contributed by atoms with Gasteiger partial charge in [-0.15, -0.1) is 0 Å². The third kappa shape index (κ3) is 4.90. The van der Waals surface area contributed by atoms with E-state index in [0.717, 1.165) is 5.56 Å². The number of fused-ring (bicyclic) bond motifs is 3. The van der Waals surface area contributed by atoms with Gasteiger partial charge in [0.05, 0.1) is 28.5 Å². The Labute approximate surface area is 246 Å². The monoisotopic (exact) mass is 615 g/mol. The number of hydrogen-bond donors (Lipinski definition) is 6. The highest BCUT2D eigenvalue weighted by Gasteiger charge is 2.68. The maximum absolute atomic E-state index is 13.7. The van der Waals surface area contributed by atoms with E-state index in [1.54, 1.807) is 31.2 Å². The number of nitrogens with zero attached hydrogens (tertiary/aromatic N) is 1. The van der Waals surface area contributed by atoms with E-state index in [1.807, 2.05) is 6.92 Å². The number of hydrogen-bond acceptors (Lipinski definition) is 12. The average molecular weight is 616 g/mol. The Hall–Kier alpha value is -4.08. The fraction of sp³-hybridized carbons (Fsp3) is 0.345. The van der Waals surface area contributed by atoms with E-state index >= 15 is 0 Å². The van der Waals surface area contributed by atoms with E-state index in [0.29, 0.717) is 5.56 Å². The van der Waals surface area contributed by atoms with Crippen molar-refractivity contribution in [1.29, 1.82) is 0 Å². The van der Waals surface area contributed by atoms with Crippen LogP contribution in [0.1, 0.15) is 29.5 Å². The van der Waals surface area contributed by atoms with Gasteiger partial charge in [-0.25, -0.2) is 8.42 Å². The molecule has 0 spiro atoms. The van der Waals surface area contributed by atoms with Crippen molar-refractivity contribution in [2.75, 3.05) is 14.1 Å². The Bertz CT molecular complexity index is 1700. The molecule has 2 aromatic rings. The predicted molar refractivity (Wildman–Crippen MR) is 149 cm³/mol. The third-order valence-corrected chi connectivity index (χ3v) is 9.15. The van der Waals surface area contributed by atoms with Crippen LogP contribution in [0.25, 0.3) is 5.76 Å². The number of carbonyl (C=O) groups excluding carboxylic acids is 3. The average Bonchev–Trinajstić information content (AvgIpc) is 2.90. The van der Waals surface area contributed by atoms with Gasteiger partial charge >= 0.3 is 0 Å². The highest BCUT2D eigenvalue weighted by molar-refractivity contribution is 7.85. The van der Waals surface area contributed by atoms with Crippen molar-refractivity contribution in [3.05, 3.63) is 76.1 Å². The van der Waals surface area contributed by atoms with E-state index in [1.165, 1.54) is 37.2 Å². The van der Waals surface area contributed by atoms with Crippen molar-refractivity contribution in [2.24, 2.45) is 17.6 Å². The molecular weight excluding hydrogens is 584 g/mol. The van der Waals surface area contributed by atoms with Crippen LogP contribution < -0.4 is 5.73 Å². The Balaban J connectivity index is 0.000000324. The largest absolute Gasteiger partial charge is 0.744 e. The minimum absolute atomic E-state index is 0.0245. The molecule has 13 nitrogen and oxygen atoms in total. The number of carbonyl (C=O) groups is 3. The molecule has 1 amide bonds. The molecule has 14 heteroatoms. The number of aryl methyl sites for hydroxylation is 1. The lowest BCUT2D eigenvalue weighted by Crippen LogP contribution is -2.70. The van der Waals surface area contributed by atoms with Gasteiger partial charge in [-0.1, -0.05) is 36.8 Å². The summed E-state index contributed by atoms with van der Waals surface area (Å²) in [5, 5.41) is 54.9. The molecule has 3 aliphatic carbocycles. The molecule has 3 aliphatic rings. The van der Waals surface area contributed by atoms with Crippen LogP contribution in [0.15, 0.2) is 64.3 Å². The van der Waals surface area contributed by atoms with Gasteiger partial charge < -0.3 is 35.8 Å². The summed E-state index contributed by atoms with van der Waals surface area (Å²) in [5.41, 5.74) is 2.40. The number of amides is 1. The van der Waals surface area contributed by atoms with Crippen LogP contribution in [0, 0.1) is 18.8 Å². The molecule has 2 aromatic carbocycles. The fourth-order valence-corrected chi connectivity index (χ4v) is 6.75. The quantitative estimate of drug-likeness (QED) is 0.203. The van der Waals surface area contributed by atoms with Crippen molar-refractivity contribution >= 4 is 33.4 Å². The van der Waals surface area contributed by atoms with Gasteiger partial charge in [-0.05, 0) is 50.7 Å². The Morgan fingerprint density at radius 1 is 1.05 bits per heavy atom. The molecule has 230 valence electrons. The lowest BCUT2D eigenvalue weighted by Gasteiger charge is -2.53. The lowest BCUT2D eigenvalue weighted by atomic mass is 9.54.